The van der Waals surface area contributed by atoms with E-state index in [0.29, 0.717) is 19.1 Å². The number of rotatable bonds is 4. The smallest absolute Gasteiger partial charge is 0.407 e. The first-order chi connectivity index (χ1) is 6.68. The molecule has 4 nitrogen and oxygen atoms in total. The molecule has 4 heteroatoms. The van der Waals surface area contributed by atoms with Gasteiger partial charge in [0.1, 0.15) is 0 Å². The van der Waals surface area contributed by atoms with Crippen LogP contribution in [0.4, 0.5) is 4.79 Å². The van der Waals surface area contributed by atoms with Crippen LogP contribution in [0, 0.1) is 5.92 Å². The molecule has 0 radical (unpaired) electrons. The summed E-state index contributed by atoms with van der Waals surface area (Å²) >= 11 is 0. The number of H-pyrrole nitrogens is 1. The topological polar surface area (TPSA) is 54.1 Å². The maximum atomic E-state index is 11.1. The maximum absolute atomic E-state index is 11.1. The van der Waals surface area contributed by atoms with Gasteiger partial charge in [0.25, 0.3) is 0 Å². The van der Waals surface area contributed by atoms with Crippen molar-refractivity contribution >= 4 is 6.09 Å². The van der Waals surface area contributed by atoms with Crippen molar-refractivity contribution in [2.75, 3.05) is 6.61 Å². The minimum atomic E-state index is -0.361. The van der Waals surface area contributed by atoms with Crippen LogP contribution in [0.5, 0.6) is 0 Å². The van der Waals surface area contributed by atoms with E-state index in [1.54, 1.807) is 0 Å². The van der Waals surface area contributed by atoms with Gasteiger partial charge in [0.15, 0.2) is 0 Å². The first-order valence-corrected chi connectivity index (χ1v) is 4.71. The lowest BCUT2D eigenvalue weighted by Crippen LogP contribution is -2.25. The van der Waals surface area contributed by atoms with Gasteiger partial charge in [0.05, 0.1) is 6.61 Å². The molecule has 0 aliphatic heterocycles. The van der Waals surface area contributed by atoms with Gasteiger partial charge in [-0.05, 0) is 17.5 Å². The molecule has 0 saturated heterocycles. The quantitative estimate of drug-likeness (QED) is 0.772. The lowest BCUT2D eigenvalue weighted by Gasteiger charge is -2.07. The third-order valence-electron chi connectivity index (χ3n) is 1.65. The van der Waals surface area contributed by atoms with Gasteiger partial charge in [-0.1, -0.05) is 13.8 Å². The van der Waals surface area contributed by atoms with E-state index in [1.165, 1.54) is 0 Å². The molecule has 1 heterocycles. The fraction of sp³-hybridized carbons (Fsp3) is 0.500. The number of carbonyl (C=O) groups excluding carboxylic acids is 1. The SMILES string of the molecule is CC(C)COC(=O)NCc1cc[nH]c1. The molecule has 0 saturated carbocycles. The lowest BCUT2D eigenvalue weighted by atomic mass is 10.2. The highest BCUT2D eigenvalue weighted by Gasteiger charge is 2.02. The average molecular weight is 196 g/mol. The Kier molecular flexibility index (Phi) is 4.04. The summed E-state index contributed by atoms with van der Waals surface area (Å²) in [6, 6.07) is 1.91. The Labute approximate surface area is 83.7 Å². The van der Waals surface area contributed by atoms with Gasteiger partial charge in [0, 0.05) is 18.9 Å². The van der Waals surface area contributed by atoms with Crippen molar-refractivity contribution in [2.24, 2.45) is 5.92 Å². The van der Waals surface area contributed by atoms with Crippen molar-refractivity contribution in [2.45, 2.75) is 20.4 Å². The number of hydrogen-bond acceptors (Lipinski definition) is 2. The molecule has 0 aromatic carbocycles. The van der Waals surface area contributed by atoms with Gasteiger partial charge in [-0.25, -0.2) is 4.79 Å². The van der Waals surface area contributed by atoms with E-state index in [0.717, 1.165) is 5.56 Å². The van der Waals surface area contributed by atoms with E-state index in [1.807, 2.05) is 32.3 Å². The second kappa shape index (κ2) is 5.32. The molecule has 0 unspecified atom stereocenters. The van der Waals surface area contributed by atoms with Crippen molar-refractivity contribution in [1.29, 1.82) is 0 Å². The van der Waals surface area contributed by atoms with Crippen LogP contribution in [0.2, 0.25) is 0 Å². The van der Waals surface area contributed by atoms with E-state index in [2.05, 4.69) is 10.3 Å². The maximum Gasteiger partial charge on any atom is 0.407 e. The first-order valence-electron chi connectivity index (χ1n) is 4.71. The van der Waals surface area contributed by atoms with E-state index in [9.17, 15) is 4.79 Å². The Hall–Kier alpha value is -1.45. The zero-order valence-corrected chi connectivity index (χ0v) is 8.54. The number of amides is 1. The fourth-order valence-corrected chi connectivity index (χ4v) is 0.936. The van der Waals surface area contributed by atoms with Crippen LogP contribution in [0.15, 0.2) is 18.5 Å². The summed E-state index contributed by atoms with van der Waals surface area (Å²) in [5.74, 6) is 0.369. The van der Waals surface area contributed by atoms with Gasteiger partial charge in [0.2, 0.25) is 0 Å². The molecule has 0 atom stereocenters. The molecule has 0 aliphatic rings. The zero-order valence-electron chi connectivity index (χ0n) is 8.54. The van der Waals surface area contributed by atoms with Crippen LogP contribution in [-0.4, -0.2) is 17.7 Å². The molecule has 14 heavy (non-hydrogen) atoms. The number of ether oxygens (including phenoxy) is 1. The van der Waals surface area contributed by atoms with Crippen molar-refractivity contribution in [1.82, 2.24) is 10.3 Å². The molecular formula is C10H16N2O2. The van der Waals surface area contributed by atoms with E-state index in [-0.39, 0.29) is 6.09 Å². The Morgan fingerprint density at radius 2 is 2.43 bits per heavy atom. The predicted octanol–water partition coefficient (Wildman–Crippen LogP) is 1.90. The average Bonchev–Trinajstić information content (AvgIpc) is 2.63. The van der Waals surface area contributed by atoms with Crippen molar-refractivity contribution in [3.8, 4) is 0 Å². The van der Waals surface area contributed by atoms with Crippen LogP contribution >= 0.6 is 0 Å². The summed E-state index contributed by atoms with van der Waals surface area (Å²) in [7, 11) is 0. The van der Waals surface area contributed by atoms with E-state index < -0.39 is 0 Å². The number of hydrogen-bond donors (Lipinski definition) is 2. The molecule has 0 aliphatic carbocycles. The van der Waals surface area contributed by atoms with Gasteiger partial charge in [-0.15, -0.1) is 0 Å². The van der Waals surface area contributed by atoms with Crippen molar-refractivity contribution in [3.63, 3.8) is 0 Å². The summed E-state index contributed by atoms with van der Waals surface area (Å²) in [5, 5.41) is 2.66. The number of aromatic nitrogens is 1. The number of aromatic amines is 1. The standard InChI is InChI=1S/C10H16N2O2/c1-8(2)7-14-10(13)12-6-9-3-4-11-5-9/h3-5,8,11H,6-7H2,1-2H3,(H,12,13). The van der Waals surface area contributed by atoms with Crippen LogP contribution in [0.3, 0.4) is 0 Å². The summed E-state index contributed by atoms with van der Waals surface area (Å²) < 4.78 is 4.94. The van der Waals surface area contributed by atoms with E-state index in [4.69, 9.17) is 4.74 Å². The molecule has 0 spiro atoms. The highest BCUT2D eigenvalue weighted by Crippen LogP contribution is 1.96. The Morgan fingerprint density at radius 1 is 1.64 bits per heavy atom. The monoisotopic (exact) mass is 196 g/mol. The molecule has 0 fully saturated rings. The normalized spacial score (nSPS) is 10.2. The van der Waals surface area contributed by atoms with Crippen LogP contribution in [0.1, 0.15) is 19.4 Å². The number of alkyl carbamates (subject to hydrolysis) is 1. The van der Waals surface area contributed by atoms with Crippen molar-refractivity contribution < 1.29 is 9.53 Å². The van der Waals surface area contributed by atoms with Gasteiger partial charge in [-0.3, -0.25) is 0 Å². The molecule has 1 rings (SSSR count). The van der Waals surface area contributed by atoms with Crippen molar-refractivity contribution in [3.05, 3.63) is 24.0 Å². The third-order valence-corrected chi connectivity index (χ3v) is 1.65. The second-order valence-corrected chi connectivity index (χ2v) is 3.57. The Balaban J connectivity index is 2.15. The highest BCUT2D eigenvalue weighted by molar-refractivity contribution is 5.67. The van der Waals surface area contributed by atoms with Crippen LogP contribution in [-0.2, 0) is 11.3 Å². The first kappa shape index (κ1) is 10.6. The molecule has 1 amide bonds. The van der Waals surface area contributed by atoms with E-state index >= 15 is 0 Å². The molecular weight excluding hydrogens is 180 g/mol. The largest absolute Gasteiger partial charge is 0.449 e. The molecule has 1 aromatic heterocycles. The molecule has 2 N–H and O–H groups in total. The molecule has 1 aromatic rings. The minimum absolute atomic E-state index is 0.361. The Bertz CT molecular complexity index is 268. The fourth-order valence-electron chi connectivity index (χ4n) is 0.936. The van der Waals surface area contributed by atoms with Gasteiger partial charge < -0.3 is 15.0 Å². The predicted molar refractivity (Wildman–Crippen MR) is 53.8 cm³/mol. The van der Waals surface area contributed by atoms with Crippen LogP contribution in [0.25, 0.3) is 0 Å². The number of carbonyl (C=O) groups is 1. The molecule has 0 bridgehead atoms. The van der Waals surface area contributed by atoms with Gasteiger partial charge >= 0.3 is 6.09 Å². The summed E-state index contributed by atoms with van der Waals surface area (Å²) in [6.07, 6.45) is 3.29. The summed E-state index contributed by atoms with van der Waals surface area (Å²) in [6.45, 7) is 4.96. The summed E-state index contributed by atoms with van der Waals surface area (Å²) in [5.41, 5.74) is 1.03. The third kappa shape index (κ3) is 3.98. The zero-order chi connectivity index (χ0) is 10.4. The van der Waals surface area contributed by atoms with Gasteiger partial charge in [-0.2, -0.15) is 0 Å². The Morgan fingerprint density at radius 3 is 3.00 bits per heavy atom. The summed E-state index contributed by atoms with van der Waals surface area (Å²) in [4.78, 5) is 14.0. The highest BCUT2D eigenvalue weighted by atomic mass is 16.5. The van der Waals surface area contributed by atoms with Crippen LogP contribution < -0.4 is 5.32 Å². The molecule has 78 valence electrons. The lowest BCUT2D eigenvalue weighted by molar-refractivity contribution is 0.132. The minimum Gasteiger partial charge on any atom is -0.449 e. The number of nitrogens with one attached hydrogen (secondary N) is 2. The second-order valence-electron chi connectivity index (χ2n) is 3.57.